The van der Waals surface area contributed by atoms with Gasteiger partial charge in [0.2, 0.25) is 0 Å². The third-order valence-corrected chi connectivity index (χ3v) is 5.10. The normalized spacial score (nSPS) is 21.8. The van der Waals surface area contributed by atoms with E-state index in [-0.39, 0.29) is 6.61 Å². The van der Waals surface area contributed by atoms with Gasteiger partial charge in [0.1, 0.15) is 18.1 Å². The van der Waals surface area contributed by atoms with Crippen LogP contribution in [0.5, 0.6) is 11.5 Å². The zero-order valence-electron chi connectivity index (χ0n) is 15.2. The van der Waals surface area contributed by atoms with Crippen LogP contribution in [0.3, 0.4) is 0 Å². The van der Waals surface area contributed by atoms with Gasteiger partial charge in [0.05, 0.1) is 0 Å². The molecule has 0 radical (unpaired) electrons. The van der Waals surface area contributed by atoms with E-state index in [4.69, 9.17) is 14.6 Å². The second kappa shape index (κ2) is 8.37. The van der Waals surface area contributed by atoms with Gasteiger partial charge in [-0.25, -0.2) is 4.79 Å². The van der Waals surface area contributed by atoms with Crippen molar-refractivity contribution in [1.29, 1.82) is 0 Å². The molecular formula is C22H26O4. The number of benzene rings is 2. The third-order valence-electron chi connectivity index (χ3n) is 5.10. The zero-order valence-corrected chi connectivity index (χ0v) is 15.2. The summed E-state index contributed by atoms with van der Waals surface area (Å²) in [5, 5.41) is 8.56. The molecule has 3 rings (SSSR count). The van der Waals surface area contributed by atoms with Crippen LogP contribution in [0.4, 0.5) is 0 Å². The fraction of sp³-hybridized carbons (Fsp3) is 0.409. The largest absolute Gasteiger partial charge is 0.480 e. The Bertz CT molecular complexity index is 703. The monoisotopic (exact) mass is 354 g/mol. The Hall–Kier alpha value is -2.33. The molecule has 1 aliphatic rings. The van der Waals surface area contributed by atoms with Crippen LogP contribution < -0.4 is 4.74 Å². The Labute approximate surface area is 154 Å². The Morgan fingerprint density at radius 1 is 1.08 bits per heavy atom. The molecule has 0 spiro atoms. The van der Waals surface area contributed by atoms with Gasteiger partial charge >= 0.3 is 5.97 Å². The lowest BCUT2D eigenvalue weighted by Crippen LogP contribution is -2.33. The van der Waals surface area contributed by atoms with Crippen molar-refractivity contribution >= 4 is 5.97 Å². The molecular weight excluding hydrogens is 328 g/mol. The molecule has 4 heteroatoms. The molecule has 0 aliphatic heterocycles. The molecule has 0 aromatic heterocycles. The van der Waals surface area contributed by atoms with Crippen molar-refractivity contribution in [3.05, 3.63) is 60.2 Å². The predicted molar refractivity (Wildman–Crippen MR) is 101 cm³/mol. The minimum absolute atomic E-state index is 0.198. The van der Waals surface area contributed by atoms with Gasteiger partial charge < -0.3 is 14.6 Å². The number of ether oxygens (including phenoxy) is 2. The summed E-state index contributed by atoms with van der Waals surface area (Å²) < 4.78 is 11.0. The molecule has 0 amide bonds. The highest BCUT2D eigenvalue weighted by atomic mass is 16.5. The van der Waals surface area contributed by atoms with Crippen LogP contribution in [0.15, 0.2) is 54.6 Å². The minimum Gasteiger partial charge on any atom is -0.480 e. The van der Waals surface area contributed by atoms with Gasteiger partial charge in [-0.15, -0.1) is 0 Å². The molecule has 4 nitrogen and oxygen atoms in total. The predicted octanol–water partition coefficient (Wildman–Crippen LogP) is 5.24. The summed E-state index contributed by atoms with van der Waals surface area (Å²) in [5.41, 5.74) is 1.71. The highest BCUT2D eigenvalue weighted by Crippen LogP contribution is 2.53. The molecule has 0 saturated heterocycles. The van der Waals surface area contributed by atoms with Crippen LogP contribution in [-0.2, 0) is 9.53 Å². The van der Waals surface area contributed by atoms with E-state index >= 15 is 0 Å². The lowest BCUT2D eigenvalue weighted by molar-refractivity contribution is -0.142. The van der Waals surface area contributed by atoms with Gasteiger partial charge in [0.15, 0.2) is 0 Å². The Balaban J connectivity index is 1.43. The van der Waals surface area contributed by atoms with Crippen LogP contribution in [0.2, 0.25) is 0 Å². The zero-order chi connectivity index (χ0) is 18.4. The van der Waals surface area contributed by atoms with Crippen LogP contribution in [0.1, 0.15) is 44.1 Å². The van der Waals surface area contributed by atoms with Crippen molar-refractivity contribution in [3.63, 3.8) is 0 Å². The molecule has 0 heterocycles. The van der Waals surface area contributed by atoms with E-state index in [0.29, 0.717) is 17.9 Å². The fourth-order valence-electron chi connectivity index (χ4n) is 3.76. The lowest BCUT2D eigenvalue weighted by Gasteiger charge is -2.46. The summed E-state index contributed by atoms with van der Waals surface area (Å²) >= 11 is 0. The molecule has 2 aromatic carbocycles. The van der Waals surface area contributed by atoms with Gasteiger partial charge in [-0.2, -0.15) is 0 Å². The maximum absolute atomic E-state index is 10.4. The van der Waals surface area contributed by atoms with Gasteiger partial charge in [0.25, 0.3) is 0 Å². The molecule has 26 heavy (non-hydrogen) atoms. The maximum atomic E-state index is 10.4. The maximum Gasteiger partial charge on any atom is 0.329 e. The van der Waals surface area contributed by atoms with E-state index in [2.05, 4.69) is 19.1 Å². The van der Waals surface area contributed by atoms with Crippen LogP contribution in [0, 0.1) is 5.41 Å². The second-order valence-electron chi connectivity index (χ2n) is 7.45. The van der Waals surface area contributed by atoms with E-state index in [0.717, 1.165) is 24.3 Å². The fourth-order valence-corrected chi connectivity index (χ4v) is 3.76. The number of carbonyl (C=O) groups is 1. The smallest absolute Gasteiger partial charge is 0.329 e. The highest BCUT2D eigenvalue weighted by Gasteiger charge is 2.40. The number of aliphatic carboxylic acids is 1. The Morgan fingerprint density at radius 3 is 2.38 bits per heavy atom. The lowest BCUT2D eigenvalue weighted by atomic mass is 9.59. The molecule has 0 atom stereocenters. The standard InChI is InChI=1S/C22H26O4/c1-22(12-5-13-25-16-21(23)24)14-18(15-22)17-8-10-20(11-9-17)26-19-6-3-2-4-7-19/h2-4,6-11,18H,5,12-16H2,1H3,(H,23,24). The SMILES string of the molecule is CC1(CCCOCC(=O)O)CC(c2ccc(Oc3ccccc3)cc2)C1. The topological polar surface area (TPSA) is 55.8 Å². The highest BCUT2D eigenvalue weighted by molar-refractivity contribution is 5.67. The first kappa shape index (κ1) is 18.5. The second-order valence-corrected chi connectivity index (χ2v) is 7.45. The molecule has 0 bridgehead atoms. The van der Waals surface area contributed by atoms with E-state index < -0.39 is 5.97 Å². The van der Waals surface area contributed by atoms with Crippen molar-refractivity contribution in [2.45, 2.75) is 38.5 Å². The first-order valence-corrected chi connectivity index (χ1v) is 9.16. The Kier molecular flexibility index (Phi) is 5.94. The first-order chi connectivity index (χ1) is 12.5. The van der Waals surface area contributed by atoms with E-state index in [1.54, 1.807) is 0 Å². The average molecular weight is 354 g/mol. The number of carboxylic acids is 1. The number of carboxylic acid groups (broad SMARTS) is 1. The van der Waals surface area contributed by atoms with Gasteiger partial charge in [-0.3, -0.25) is 0 Å². The number of para-hydroxylation sites is 1. The summed E-state index contributed by atoms with van der Waals surface area (Å²) in [7, 11) is 0. The first-order valence-electron chi connectivity index (χ1n) is 9.16. The molecule has 2 aromatic rings. The average Bonchev–Trinajstić information content (AvgIpc) is 2.60. The number of rotatable bonds is 9. The van der Waals surface area contributed by atoms with Crippen molar-refractivity contribution in [3.8, 4) is 11.5 Å². The minimum atomic E-state index is -0.903. The summed E-state index contributed by atoms with van der Waals surface area (Å²) in [6.45, 7) is 2.64. The van der Waals surface area contributed by atoms with Crippen molar-refractivity contribution in [2.75, 3.05) is 13.2 Å². The van der Waals surface area contributed by atoms with E-state index in [1.165, 1.54) is 18.4 Å². The summed E-state index contributed by atoms with van der Waals surface area (Å²) in [5.74, 6) is 1.41. The molecule has 0 unspecified atom stereocenters. The summed E-state index contributed by atoms with van der Waals surface area (Å²) in [4.78, 5) is 10.4. The molecule has 1 N–H and O–H groups in total. The van der Waals surface area contributed by atoms with Crippen molar-refractivity contribution in [2.24, 2.45) is 5.41 Å². The van der Waals surface area contributed by atoms with Crippen molar-refractivity contribution < 1.29 is 19.4 Å². The molecule has 1 aliphatic carbocycles. The molecule has 1 fully saturated rings. The quantitative estimate of drug-likeness (QED) is 0.625. The van der Waals surface area contributed by atoms with Crippen LogP contribution >= 0.6 is 0 Å². The van der Waals surface area contributed by atoms with Gasteiger partial charge in [-0.05, 0) is 66.8 Å². The van der Waals surface area contributed by atoms with Crippen LogP contribution in [-0.4, -0.2) is 24.3 Å². The number of hydrogen-bond donors (Lipinski definition) is 1. The van der Waals surface area contributed by atoms with Gasteiger partial charge in [0, 0.05) is 6.61 Å². The van der Waals surface area contributed by atoms with Crippen molar-refractivity contribution in [1.82, 2.24) is 0 Å². The van der Waals surface area contributed by atoms with Crippen LogP contribution in [0.25, 0.3) is 0 Å². The number of hydrogen-bond acceptors (Lipinski definition) is 3. The third kappa shape index (κ3) is 5.09. The molecule has 1 saturated carbocycles. The Morgan fingerprint density at radius 2 is 1.73 bits per heavy atom. The van der Waals surface area contributed by atoms with Gasteiger partial charge in [-0.1, -0.05) is 37.3 Å². The van der Waals surface area contributed by atoms with E-state index in [9.17, 15) is 4.79 Å². The van der Waals surface area contributed by atoms with E-state index in [1.807, 2.05) is 42.5 Å². The summed E-state index contributed by atoms with van der Waals surface area (Å²) in [6.07, 6.45) is 4.34. The summed E-state index contributed by atoms with van der Waals surface area (Å²) in [6, 6.07) is 18.2. The molecule has 138 valence electrons.